The normalized spacial score (nSPS) is 41.7. The zero-order valence-corrected chi connectivity index (χ0v) is 6.76. The highest BCUT2D eigenvalue weighted by molar-refractivity contribution is 4.85. The van der Waals surface area contributed by atoms with Crippen molar-refractivity contribution < 1.29 is 9.84 Å². The molecule has 1 aliphatic rings. The summed E-state index contributed by atoms with van der Waals surface area (Å²) in [6.07, 6.45) is 2.53. The van der Waals surface area contributed by atoms with Crippen LogP contribution in [-0.4, -0.2) is 23.4 Å². The van der Waals surface area contributed by atoms with Crippen LogP contribution in [0, 0.1) is 0 Å². The number of hydrogen-bond donors (Lipinski definition) is 1. The minimum absolute atomic E-state index is 0.258. The predicted molar refractivity (Wildman–Crippen MR) is 39.9 cm³/mol. The van der Waals surface area contributed by atoms with E-state index in [-0.39, 0.29) is 11.7 Å². The quantitative estimate of drug-likeness (QED) is 0.601. The molecule has 1 N–H and O–H groups in total. The maximum absolute atomic E-state index is 9.50. The molecule has 60 valence electrons. The Bertz CT molecular complexity index is 114. The molecule has 1 heterocycles. The summed E-state index contributed by atoms with van der Waals surface area (Å²) in [5, 5.41) is 9.50. The van der Waals surface area contributed by atoms with Crippen molar-refractivity contribution in [2.75, 3.05) is 6.61 Å². The van der Waals surface area contributed by atoms with Gasteiger partial charge in [-0.05, 0) is 26.2 Å². The van der Waals surface area contributed by atoms with Crippen LogP contribution in [0.25, 0.3) is 0 Å². The zero-order chi connectivity index (χ0) is 7.61. The van der Waals surface area contributed by atoms with Gasteiger partial charge in [-0.2, -0.15) is 0 Å². The van der Waals surface area contributed by atoms with E-state index >= 15 is 0 Å². The molecule has 0 aromatic carbocycles. The minimum atomic E-state index is -0.266. The van der Waals surface area contributed by atoms with Gasteiger partial charge >= 0.3 is 0 Å². The van der Waals surface area contributed by atoms with Crippen LogP contribution in [0.2, 0.25) is 0 Å². The first-order valence-corrected chi connectivity index (χ1v) is 4.01. The summed E-state index contributed by atoms with van der Waals surface area (Å²) in [5.74, 6) is 0. The number of aliphatic hydroxyl groups is 1. The molecule has 0 amide bonds. The van der Waals surface area contributed by atoms with Gasteiger partial charge in [-0.1, -0.05) is 6.92 Å². The van der Waals surface area contributed by atoms with Crippen LogP contribution in [0.15, 0.2) is 0 Å². The van der Waals surface area contributed by atoms with E-state index in [0.29, 0.717) is 0 Å². The third kappa shape index (κ3) is 1.32. The molecule has 0 radical (unpaired) electrons. The third-order valence-electron chi connectivity index (χ3n) is 2.46. The molecule has 1 fully saturated rings. The van der Waals surface area contributed by atoms with Crippen molar-refractivity contribution >= 4 is 0 Å². The van der Waals surface area contributed by atoms with Crippen molar-refractivity contribution in [2.24, 2.45) is 0 Å². The fourth-order valence-corrected chi connectivity index (χ4v) is 1.32. The van der Waals surface area contributed by atoms with Crippen molar-refractivity contribution in [3.8, 4) is 0 Å². The van der Waals surface area contributed by atoms with Gasteiger partial charge in [0.25, 0.3) is 0 Å². The molecular formula is C8H16O2. The maximum atomic E-state index is 9.50. The van der Waals surface area contributed by atoms with E-state index in [4.69, 9.17) is 4.74 Å². The fourth-order valence-electron chi connectivity index (χ4n) is 1.32. The summed E-state index contributed by atoms with van der Waals surface area (Å²) in [6.45, 7) is 4.84. The summed E-state index contributed by atoms with van der Waals surface area (Å²) in [7, 11) is 0. The number of aliphatic hydroxyl groups excluding tert-OH is 1. The molecule has 0 saturated carbocycles. The molecule has 0 aromatic rings. The Morgan fingerprint density at radius 3 is 2.80 bits per heavy atom. The van der Waals surface area contributed by atoms with Crippen LogP contribution in [0.5, 0.6) is 0 Å². The molecule has 1 rings (SSSR count). The lowest BCUT2D eigenvalue weighted by Crippen LogP contribution is -2.45. The molecule has 1 saturated heterocycles. The molecule has 0 unspecified atom stereocenters. The number of hydrogen-bond acceptors (Lipinski definition) is 2. The fraction of sp³-hybridized carbons (Fsp3) is 1.00. The molecular weight excluding hydrogens is 128 g/mol. The molecule has 2 atom stereocenters. The van der Waals surface area contributed by atoms with Crippen molar-refractivity contribution in [1.82, 2.24) is 0 Å². The van der Waals surface area contributed by atoms with Gasteiger partial charge in [-0.15, -0.1) is 0 Å². The maximum Gasteiger partial charge on any atom is 0.0909 e. The zero-order valence-electron chi connectivity index (χ0n) is 6.76. The lowest BCUT2D eigenvalue weighted by molar-refractivity contribution is -0.144. The Morgan fingerprint density at radius 1 is 1.70 bits per heavy atom. The van der Waals surface area contributed by atoms with E-state index in [1.54, 1.807) is 0 Å². The first-order valence-electron chi connectivity index (χ1n) is 4.01. The van der Waals surface area contributed by atoms with Crippen LogP contribution >= 0.6 is 0 Å². The van der Waals surface area contributed by atoms with Crippen LogP contribution in [0.1, 0.15) is 33.1 Å². The first-order chi connectivity index (χ1) is 4.69. The van der Waals surface area contributed by atoms with Crippen molar-refractivity contribution in [3.05, 3.63) is 0 Å². The topological polar surface area (TPSA) is 29.5 Å². The minimum Gasteiger partial charge on any atom is -0.390 e. The Hall–Kier alpha value is -0.0800. The number of rotatable bonds is 1. The van der Waals surface area contributed by atoms with Crippen LogP contribution in [-0.2, 0) is 4.74 Å². The molecule has 0 spiro atoms. The van der Waals surface area contributed by atoms with E-state index in [2.05, 4.69) is 6.92 Å². The molecule has 0 aliphatic carbocycles. The Balaban J connectivity index is 2.54. The lowest BCUT2D eigenvalue weighted by Gasteiger charge is -2.37. The average Bonchev–Trinajstić information content (AvgIpc) is 1.96. The Kier molecular flexibility index (Phi) is 2.32. The molecule has 0 aromatic heterocycles. The van der Waals surface area contributed by atoms with Crippen LogP contribution < -0.4 is 0 Å². The lowest BCUT2D eigenvalue weighted by atomic mass is 9.90. The predicted octanol–water partition coefficient (Wildman–Crippen LogP) is 1.33. The molecule has 0 bridgehead atoms. The van der Waals surface area contributed by atoms with Gasteiger partial charge in [0, 0.05) is 6.61 Å². The standard InChI is InChI=1S/C8H16O2/c1-3-8(2)7(9)5-4-6-10-8/h7,9H,3-6H2,1-2H3/t7-,8+/m0/s1. The van der Waals surface area contributed by atoms with Crippen molar-refractivity contribution in [3.63, 3.8) is 0 Å². The van der Waals surface area contributed by atoms with E-state index in [1.807, 2.05) is 6.92 Å². The highest BCUT2D eigenvalue weighted by Crippen LogP contribution is 2.27. The van der Waals surface area contributed by atoms with E-state index in [9.17, 15) is 5.11 Å². The van der Waals surface area contributed by atoms with Crippen molar-refractivity contribution in [2.45, 2.75) is 44.8 Å². The summed E-state index contributed by atoms with van der Waals surface area (Å²) >= 11 is 0. The molecule has 10 heavy (non-hydrogen) atoms. The summed E-state index contributed by atoms with van der Waals surface area (Å²) in [4.78, 5) is 0. The Morgan fingerprint density at radius 2 is 2.40 bits per heavy atom. The summed E-state index contributed by atoms with van der Waals surface area (Å²) < 4.78 is 5.48. The van der Waals surface area contributed by atoms with Gasteiger partial charge in [0.15, 0.2) is 0 Å². The second kappa shape index (κ2) is 2.89. The SMILES string of the molecule is CC[C@@]1(C)OCCC[C@@H]1O. The number of ether oxygens (including phenoxy) is 1. The van der Waals surface area contributed by atoms with Gasteiger partial charge in [-0.3, -0.25) is 0 Å². The van der Waals surface area contributed by atoms with Gasteiger partial charge < -0.3 is 9.84 Å². The average molecular weight is 144 g/mol. The van der Waals surface area contributed by atoms with Gasteiger partial charge in [0.05, 0.1) is 11.7 Å². The first kappa shape index (κ1) is 8.02. The molecule has 1 aliphatic heterocycles. The van der Waals surface area contributed by atoms with E-state index in [0.717, 1.165) is 25.9 Å². The van der Waals surface area contributed by atoms with Gasteiger partial charge in [-0.25, -0.2) is 0 Å². The second-order valence-electron chi connectivity index (χ2n) is 3.17. The Labute approximate surface area is 62.2 Å². The molecule has 2 heteroatoms. The molecule has 2 nitrogen and oxygen atoms in total. The van der Waals surface area contributed by atoms with Crippen LogP contribution in [0.3, 0.4) is 0 Å². The monoisotopic (exact) mass is 144 g/mol. The highest BCUT2D eigenvalue weighted by Gasteiger charge is 2.34. The smallest absolute Gasteiger partial charge is 0.0909 e. The van der Waals surface area contributed by atoms with Crippen molar-refractivity contribution in [1.29, 1.82) is 0 Å². The largest absolute Gasteiger partial charge is 0.390 e. The van der Waals surface area contributed by atoms with Gasteiger partial charge in [0.1, 0.15) is 0 Å². The summed E-state index contributed by atoms with van der Waals surface area (Å²) in [5.41, 5.74) is -0.266. The van der Waals surface area contributed by atoms with Crippen LogP contribution in [0.4, 0.5) is 0 Å². The highest BCUT2D eigenvalue weighted by atomic mass is 16.5. The summed E-state index contributed by atoms with van der Waals surface area (Å²) in [6, 6.07) is 0. The van der Waals surface area contributed by atoms with E-state index in [1.165, 1.54) is 0 Å². The third-order valence-corrected chi connectivity index (χ3v) is 2.46. The van der Waals surface area contributed by atoms with E-state index < -0.39 is 0 Å². The second-order valence-corrected chi connectivity index (χ2v) is 3.17. The van der Waals surface area contributed by atoms with Gasteiger partial charge in [0.2, 0.25) is 0 Å².